The molecule has 3 heterocycles. The molecule has 0 unspecified atom stereocenters. The highest BCUT2D eigenvalue weighted by Gasteiger charge is 2.95. The smallest absolute Gasteiger partial charge is 0.334 e. The topological polar surface area (TPSA) is 109 Å². The van der Waals surface area contributed by atoms with Gasteiger partial charge in [0, 0.05) is 11.0 Å². The Bertz CT molecular complexity index is 850. The highest BCUT2D eigenvalue weighted by atomic mass is 35.5. The Kier molecular flexibility index (Phi) is 2.99. The van der Waals surface area contributed by atoms with Crippen molar-refractivity contribution in [2.75, 3.05) is 6.61 Å². The zero-order chi connectivity index (χ0) is 20.1. The summed E-state index contributed by atoms with van der Waals surface area (Å²) in [7, 11) is 0. The van der Waals surface area contributed by atoms with Gasteiger partial charge in [0.15, 0.2) is 5.60 Å². The summed E-state index contributed by atoms with van der Waals surface area (Å²) in [5, 5.41) is 33.4. The maximum atomic E-state index is 12.1. The van der Waals surface area contributed by atoms with Crippen molar-refractivity contribution >= 4 is 17.6 Å². The van der Waals surface area contributed by atoms with E-state index in [1.165, 1.54) is 0 Å². The van der Waals surface area contributed by atoms with Gasteiger partial charge in [0.05, 0.1) is 17.1 Å². The first kappa shape index (κ1) is 18.1. The average molecular weight is 413 g/mol. The molecular formula is C20H25ClO7. The quantitative estimate of drug-likeness (QED) is 0.325. The van der Waals surface area contributed by atoms with Crippen molar-refractivity contribution in [3.05, 3.63) is 11.1 Å². The highest BCUT2D eigenvalue weighted by Crippen LogP contribution is 2.78. The molecule has 2 bridgehead atoms. The lowest BCUT2D eigenvalue weighted by atomic mass is 9.45. The predicted molar refractivity (Wildman–Crippen MR) is 95.5 cm³/mol. The number of esters is 1. The molecule has 0 radical (unpaired) electrons. The number of rotatable bonds is 1. The molecule has 3 N–H and O–H groups in total. The van der Waals surface area contributed by atoms with E-state index < -0.39 is 51.5 Å². The molecule has 6 rings (SSSR count). The standard InChI is InChI=1S/C20H25ClO7/c1-16(2,24)19-12(21)13-20(28-13)17(3)5-4-8-9(7-26-14(8)22)10(17)6-11(27-19)18(20,25)15(19)23/h10-13,15,23-25H,4-7H2,1-3H3/t10-,11+,12+,13+,15-,17-,18+,19+,20+/m0/s1. The zero-order valence-corrected chi connectivity index (χ0v) is 16.8. The van der Waals surface area contributed by atoms with E-state index in [0.29, 0.717) is 19.3 Å². The number of hydrogen-bond acceptors (Lipinski definition) is 7. The Morgan fingerprint density at radius 1 is 1.29 bits per heavy atom. The van der Waals surface area contributed by atoms with Crippen LogP contribution in [0.1, 0.15) is 40.0 Å². The summed E-state index contributed by atoms with van der Waals surface area (Å²) in [5.41, 5.74) is -4.61. The van der Waals surface area contributed by atoms with Crippen molar-refractivity contribution in [3.63, 3.8) is 0 Å². The van der Waals surface area contributed by atoms with E-state index in [1.807, 2.05) is 0 Å². The zero-order valence-electron chi connectivity index (χ0n) is 16.1. The van der Waals surface area contributed by atoms with Crippen LogP contribution in [0.15, 0.2) is 11.1 Å². The van der Waals surface area contributed by atoms with Crippen LogP contribution in [-0.2, 0) is 19.0 Å². The molecule has 9 atom stereocenters. The van der Waals surface area contributed by atoms with Crippen molar-refractivity contribution in [2.45, 2.75) is 86.1 Å². The molecule has 7 nitrogen and oxygen atoms in total. The van der Waals surface area contributed by atoms with Crippen molar-refractivity contribution in [2.24, 2.45) is 11.3 Å². The number of epoxide rings is 1. The largest absolute Gasteiger partial charge is 0.458 e. The van der Waals surface area contributed by atoms with Gasteiger partial charge in [-0.25, -0.2) is 4.79 Å². The van der Waals surface area contributed by atoms with Gasteiger partial charge in [0.2, 0.25) is 0 Å². The molecule has 6 aliphatic rings. The predicted octanol–water partition coefficient (Wildman–Crippen LogP) is 0.419. The van der Waals surface area contributed by atoms with Crippen LogP contribution in [-0.4, -0.2) is 74.0 Å². The molecule has 4 fully saturated rings. The number of alkyl halides is 1. The van der Waals surface area contributed by atoms with E-state index in [-0.39, 0.29) is 18.5 Å². The Morgan fingerprint density at radius 3 is 2.68 bits per heavy atom. The fraction of sp³-hybridized carbons (Fsp3) is 0.850. The maximum Gasteiger partial charge on any atom is 0.334 e. The van der Waals surface area contributed by atoms with E-state index in [0.717, 1.165) is 11.1 Å². The molecule has 154 valence electrons. The van der Waals surface area contributed by atoms with E-state index >= 15 is 0 Å². The number of hydrogen-bond donors (Lipinski definition) is 3. The molecule has 28 heavy (non-hydrogen) atoms. The molecule has 3 aliphatic carbocycles. The molecule has 1 spiro atoms. The summed E-state index contributed by atoms with van der Waals surface area (Å²) in [6, 6.07) is 0. The summed E-state index contributed by atoms with van der Waals surface area (Å²) in [4.78, 5) is 12.1. The molecule has 0 aromatic carbocycles. The minimum Gasteiger partial charge on any atom is -0.458 e. The maximum absolute atomic E-state index is 12.1. The summed E-state index contributed by atoms with van der Waals surface area (Å²) < 4.78 is 17.8. The number of halogens is 1. The minimum absolute atomic E-state index is 0.0789. The number of carbonyl (C=O) groups excluding carboxylic acids is 1. The molecule has 8 heteroatoms. The van der Waals surface area contributed by atoms with Gasteiger partial charge in [-0.05, 0) is 44.6 Å². The molecule has 3 aliphatic heterocycles. The normalized spacial score (nSPS) is 58.8. The number of aliphatic hydroxyl groups is 3. The van der Waals surface area contributed by atoms with E-state index in [2.05, 4.69) is 6.92 Å². The molecule has 0 aromatic rings. The van der Waals surface area contributed by atoms with Crippen LogP contribution in [0.2, 0.25) is 0 Å². The van der Waals surface area contributed by atoms with Crippen molar-refractivity contribution in [3.8, 4) is 0 Å². The molecular weight excluding hydrogens is 388 g/mol. The Morgan fingerprint density at radius 2 is 2.00 bits per heavy atom. The van der Waals surface area contributed by atoms with Gasteiger partial charge >= 0.3 is 5.97 Å². The van der Waals surface area contributed by atoms with Crippen LogP contribution in [0, 0.1) is 11.3 Å². The third kappa shape index (κ3) is 1.46. The van der Waals surface area contributed by atoms with Crippen molar-refractivity contribution < 1.29 is 34.3 Å². The Balaban J connectivity index is 1.57. The molecule has 2 saturated carbocycles. The average Bonchev–Trinajstić information content (AvgIpc) is 3.22. The van der Waals surface area contributed by atoms with Crippen molar-refractivity contribution in [1.82, 2.24) is 0 Å². The second-order valence-electron chi connectivity index (χ2n) is 10.1. The summed E-state index contributed by atoms with van der Waals surface area (Å²) in [6.45, 7) is 5.40. The van der Waals surface area contributed by atoms with Crippen molar-refractivity contribution in [1.29, 1.82) is 0 Å². The lowest BCUT2D eigenvalue weighted by Crippen LogP contribution is -2.78. The van der Waals surface area contributed by atoms with E-state index in [9.17, 15) is 20.1 Å². The first-order chi connectivity index (χ1) is 13.0. The third-order valence-corrected chi connectivity index (χ3v) is 9.46. The van der Waals surface area contributed by atoms with Crippen LogP contribution < -0.4 is 0 Å². The summed E-state index contributed by atoms with van der Waals surface area (Å²) >= 11 is 6.82. The Labute approximate surface area is 167 Å². The highest BCUT2D eigenvalue weighted by molar-refractivity contribution is 6.22. The van der Waals surface area contributed by atoms with Crippen LogP contribution >= 0.6 is 11.6 Å². The Hall–Kier alpha value is -0.700. The fourth-order valence-electron chi connectivity index (χ4n) is 7.52. The second kappa shape index (κ2) is 4.63. The monoisotopic (exact) mass is 412 g/mol. The van der Waals surface area contributed by atoms with Gasteiger partial charge in [-0.3, -0.25) is 0 Å². The fourth-order valence-corrected chi connectivity index (χ4v) is 8.18. The number of aliphatic hydroxyl groups excluding tert-OH is 1. The number of fused-ring (bicyclic) bond motifs is 3. The number of ether oxygens (including phenoxy) is 3. The first-order valence-corrected chi connectivity index (χ1v) is 10.4. The van der Waals surface area contributed by atoms with Crippen LogP contribution in [0.3, 0.4) is 0 Å². The van der Waals surface area contributed by atoms with E-state index in [4.69, 9.17) is 25.8 Å². The van der Waals surface area contributed by atoms with E-state index in [1.54, 1.807) is 13.8 Å². The van der Waals surface area contributed by atoms with Crippen LogP contribution in [0.5, 0.6) is 0 Å². The van der Waals surface area contributed by atoms with Crippen LogP contribution in [0.4, 0.5) is 0 Å². The molecule has 0 amide bonds. The number of carbonyl (C=O) groups is 1. The van der Waals surface area contributed by atoms with Crippen LogP contribution in [0.25, 0.3) is 0 Å². The molecule has 0 aromatic heterocycles. The van der Waals surface area contributed by atoms with Gasteiger partial charge in [-0.1, -0.05) is 6.92 Å². The second-order valence-corrected chi connectivity index (χ2v) is 10.6. The summed E-state index contributed by atoms with van der Waals surface area (Å²) in [5.74, 6) is -0.340. The van der Waals surface area contributed by atoms with Gasteiger partial charge in [0.25, 0.3) is 0 Å². The van der Waals surface area contributed by atoms with Gasteiger partial charge < -0.3 is 29.5 Å². The SMILES string of the molecule is CC(C)(O)[C@@]12O[C@@H]3C[C@H]4C5=C(CC[C@]4(C)[C@@]4(O[C@@H]4[C@H]1Cl)[C@]3(O)[C@@H]2O)C(=O)OC5. The van der Waals surface area contributed by atoms with Gasteiger partial charge in [-0.15, -0.1) is 11.6 Å². The summed E-state index contributed by atoms with van der Waals surface area (Å²) in [6.07, 6.45) is -1.10. The van der Waals surface area contributed by atoms with Gasteiger partial charge in [-0.2, -0.15) is 0 Å². The number of cyclic esters (lactones) is 1. The lowest BCUT2D eigenvalue weighted by molar-refractivity contribution is -0.209. The lowest BCUT2D eigenvalue weighted by Gasteiger charge is -2.59. The third-order valence-electron chi connectivity index (χ3n) is 8.91. The minimum atomic E-state index is -1.67. The molecule has 2 saturated heterocycles. The van der Waals surface area contributed by atoms with Gasteiger partial charge in [0.1, 0.15) is 30.0 Å². The first-order valence-electron chi connectivity index (χ1n) is 9.98.